The summed E-state index contributed by atoms with van der Waals surface area (Å²) in [4.78, 5) is 12.6. The predicted molar refractivity (Wildman–Crippen MR) is 95.3 cm³/mol. The average Bonchev–Trinajstić information content (AvgIpc) is 2.58. The first-order valence-corrected chi connectivity index (χ1v) is 8.23. The summed E-state index contributed by atoms with van der Waals surface area (Å²) in [6, 6.07) is 10.8. The highest BCUT2D eigenvalue weighted by molar-refractivity contribution is 5.74. The number of rotatable bonds is 4. The Kier molecular flexibility index (Phi) is 4.47. The van der Waals surface area contributed by atoms with Crippen molar-refractivity contribution in [2.75, 3.05) is 6.61 Å². The first kappa shape index (κ1) is 17.0. The molecule has 0 aliphatic carbocycles. The van der Waals surface area contributed by atoms with E-state index in [1.165, 1.54) is 0 Å². The lowest BCUT2D eigenvalue weighted by molar-refractivity contribution is 0.157. The van der Waals surface area contributed by atoms with Crippen LogP contribution in [0.1, 0.15) is 37.0 Å². The fourth-order valence-electron chi connectivity index (χ4n) is 2.97. The van der Waals surface area contributed by atoms with Crippen LogP contribution in [-0.4, -0.2) is 21.9 Å². The molecule has 0 saturated carbocycles. The molecular weight excluding hydrogens is 316 g/mol. The first-order valence-electron chi connectivity index (χ1n) is 8.23. The molecule has 0 amide bonds. The summed E-state index contributed by atoms with van der Waals surface area (Å²) >= 11 is 0. The number of benzene rings is 1. The van der Waals surface area contributed by atoms with Gasteiger partial charge in [-0.3, -0.25) is 9.36 Å². The molecule has 1 aliphatic heterocycles. The predicted octanol–water partition coefficient (Wildman–Crippen LogP) is 2.71. The normalized spacial score (nSPS) is 14.9. The molecule has 5 heteroatoms. The molecule has 1 aliphatic rings. The number of aliphatic hydroxyl groups excluding tert-OH is 1. The van der Waals surface area contributed by atoms with E-state index in [2.05, 4.69) is 6.07 Å². The van der Waals surface area contributed by atoms with Gasteiger partial charge in [0.2, 0.25) is 0 Å². The average molecular weight is 336 g/mol. The molecule has 0 saturated heterocycles. The van der Waals surface area contributed by atoms with Crippen molar-refractivity contribution in [3.05, 3.63) is 69.6 Å². The van der Waals surface area contributed by atoms with Gasteiger partial charge < -0.3 is 9.84 Å². The van der Waals surface area contributed by atoms with Crippen LogP contribution in [0, 0.1) is 11.3 Å². The van der Waals surface area contributed by atoms with Crippen molar-refractivity contribution < 1.29 is 9.84 Å². The smallest absolute Gasteiger partial charge is 0.255 e. The molecule has 0 spiro atoms. The van der Waals surface area contributed by atoms with Crippen LogP contribution in [0.25, 0.3) is 5.70 Å². The Labute approximate surface area is 146 Å². The van der Waals surface area contributed by atoms with Crippen LogP contribution in [-0.2, 0) is 6.42 Å². The maximum absolute atomic E-state index is 12.6. The molecule has 1 N–H and O–H groups in total. The third-order valence-corrected chi connectivity index (χ3v) is 4.11. The largest absolute Gasteiger partial charge is 0.483 e. The van der Waals surface area contributed by atoms with Gasteiger partial charge in [0.1, 0.15) is 11.4 Å². The monoisotopic (exact) mass is 336 g/mol. The van der Waals surface area contributed by atoms with Crippen LogP contribution in [0.15, 0.2) is 47.4 Å². The Morgan fingerprint density at radius 2 is 2.08 bits per heavy atom. The number of pyridine rings is 1. The molecule has 1 aromatic carbocycles. The number of aryl methyl sites for hydroxylation is 1. The number of nitriles is 1. The fourth-order valence-corrected chi connectivity index (χ4v) is 2.97. The van der Waals surface area contributed by atoms with Crippen LogP contribution in [0.2, 0.25) is 0 Å². The van der Waals surface area contributed by atoms with Gasteiger partial charge in [-0.15, -0.1) is 0 Å². The minimum absolute atomic E-state index is 0.101. The minimum atomic E-state index is -0.564. The number of nitrogens with zero attached hydrogens (tertiary/aromatic N) is 2. The first-order chi connectivity index (χ1) is 11.9. The number of hydrogen-bond acceptors (Lipinski definition) is 4. The van der Waals surface area contributed by atoms with Crippen LogP contribution in [0.4, 0.5) is 0 Å². The van der Waals surface area contributed by atoms with Crippen LogP contribution in [0.3, 0.4) is 0 Å². The molecule has 25 heavy (non-hydrogen) atoms. The zero-order valence-electron chi connectivity index (χ0n) is 14.3. The zero-order valence-corrected chi connectivity index (χ0v) is 14.3. The van der Waals surface area contributed by atoms with E-state index in [-0.39, 0.29) is 12.2 Å². The van der Waals surface area contributed by atoms with E-state index in [1.807, 2.05) is 26.0 Å². The third-order valence-electron chi connectivity index (χ3n) is 4.11. The minimum Gasteiger partial charge on any atom is -0.483 e. The molecule has 1 aromatic heterocycles. The summed E-state index contributed by atoms with van der Waals surface area (Å²) in [5.74, 6) is 0.651. The summed E-state index contributed by atoms with van der Waals surface area (Å²) in [5.41, 5.74) is 2.14. The molecule has 128 valence electrons. The van der Waals surface area contributed by atoms with E-state index in [1.54, 1.807) is 35.0 Å². The van der Waals surface area contributed by atoms with Gasteiger partial charge in [-0.2, -0.15) is 5.26 Å². The van der Waals surface area contributed by atoms with Gasteiger partial charge >= 0.3 is 0 Å². The second-order valence-corrected chi connectivity index (χ2v) is 6.63. The van der Waals surface area contributed by atoms with Gasteiger partial charge in [0.25, 0.3) is 5.56 Å². The van der Waals surface area contributed by atoms with E-state index in [0.29, 0.717) is 29.9 Å². The van der Waals surface area contributed by atoms with Gasteiger partial charge in [0.05, 0.1) is 17.3 Å². The van der Waals surface area contributed by atoms with Crippen molar-refractivity contribution in [3.8, 4) is 11.8 Å². The Balaban J connectivity index is 2.11. The van der Waals surface area contributed by atoms with E-state index in [4.69, 9.17) is 9.84 Å². The Morgan fingerprint density at radius 1 is 1.28 bits per heavy atom. The van der Waals surface area contributed by atoms with Crippen molar-refractivity contribution in [1.82, 2.24) is 4.57 Å². The molecule has 0 fully saturated rings. The topological polar surface area (TPSA) is 75.3 Å². The van der Waals surface area contributed by atoms with E-state index in [9.17, 15) is 10.1 Å². The lowest BCUT2D eigenvalue weighted by Crippen LogP contribution is -2.32. The molecular formula is C20H20N2O3. The van der Waals surface area contributed by atoms with Crippen LogP contribution >= 0.6 is 0 Å². The van der Waals surface area contributed by atoms with Crippen molar-refractivity contribution in [2.24, 2.45) is 0 Å². The van der Waals surface area contributed by atoms with Crippen LogP contribution < -0.4 is 10.3 Å². The van der Waals surface area contributed by atoms with Gasteiger partial charge in [0, 0.05) is 24.4 Å². The summed E-state index contributed by atoms with van der Waals surface area (Å²) in [5, 5.41) is 18.1. The Hall–Kier alpha value is -2.84. The maximum Gasteiger partial charge on any atom is 0.255 e. The van der Waals surface area contributed by atoms with E-state index >= 15 is 0 Å². The molecule has 2 aromatic rings. The number of aliphatic hydroxyl groups is 1. The summed E-state index contributed by atoms with van der Waals surface area (Å²) in [7, 11) is 0. The Bertz CT molecular complexity index is 933. The van der Waals surface area contributed by atoms with Crippen molar-refractivity contribution in [2.45, 2.75) is 32.3 Å². The molecule has 5 nitrogen and oxygen atoms in total. The second kappa shape index (κ2) is 6.58. The van der Waals surface area contributed by atoms with Gasteiger partial charge in [-0.1, -0.05) is 0 Å². The van der Waals surface area contributed by atoms with E-state index in [0.717, 1.165) is 11.1 Å². The molecule has 0 atom stereocenters. The van der Waals surface area contributed by atoms with Gasteiger partial charge in [0.15, 0.2) is 0 Å². The van der Waals surface area contributed by atoms with Crippen LogP contribution in [0.5, 0.6) is 5.75 Å². The highest BCUT2D eigenvalue weighted by Gasteiger charge is 2.28. The SMILES string of the molecule is CC1(C)C=C(n2ccc(CCCO)cc2=O)c2cc(C#N)ccc2O1. The number of hydrogen-bond donors (Lipinski definition) is 1. The van der Waals surface area contributed by atoms with Gasteiger partial charge in [-0.05, 0) is 62.6 Å². The lowest BCUT2D eigenvalue weighted by atomic mass is 9.97. The summed E-state index contributed by atoms with van der Waals surface area (Å²) < 4.78 is 7.53. The lowest BCUT2D eigenvalue weighted by Gasteiger charge is -2.31. The quantitative estimate of drug-likeness (QED) is 0.931. The second-order valence-electron chi connectivity index (χ2n) is 6.63. The number of aromatic nitrogens is 1. The molecule has 2 heterocycles. The molecule has 0 radical (unpaired) electrons. The van der Waals surface area contributed by atoms with Crippen molar-refractivity contribution in [3.63, 3.8) is 0 Å². The highest BCUT2D eigenvalue weighted by Crippen LogP contribution is 2.36. The molecule has 3 rings (SSSR count). The standard InChI is InChI=1S/C20H20N2O3/c1-20(2)12-17(16-10-15(13-21)5-6-18(16)25-20)22-8-7-14(4-3-9-23)11-19(22)24/h5-8,10-12,23H,3-4,9H2,1-2H3. The van der Waals surface area contributed by atoms with Crippen molar-refractivity contribution in [1.29, 1.82) is 5.26 Å². The molecule has 0 bridgehead atoms. The Morgan fingerprint density at radius 3 is 2.76 bits per heavy atom. The summed E-state index contributed by atoms with van der Waals surface area (Å²) in [6.45, 7) is 3.95. The summed E-state index contributed by atoms with van der Waals surface area (Å²) in [6.07, 6.45) is 4.92. The number of ether oxygens (including phenoxy) is 1. The zero-order chi connectivity index (χ0) is 18.0. The van der Waals surface area contributed by atoms with Gasteiger partial charge in [-0.25, -0.2) is 0 Å². The fraction of sp³-hybridized carbons (Fsp3) is 0.300. The number of fused-ring (bicyclic) bond motifs is 1. The van der Waals surface area contributed by atoms with Crippen molar-refractivity contribution >= 4 is 5.70 Å². The third kappa shape index (κ3) is 3.49. The molecule has 0 unspecified atom stereocenters. The van der Waals surface area contributed by atoms with E-state index < -0.39 is 5.60 Å². The highest BCUT2D eigenvalue weighted by atomic mass is 16.5. The maximum atomic E-state index is 12.6.